The van der Waals surface area contributed by atoms with Crippen molar-refractivity contribution in [3.63, 3.8) is 0 Å². The van der Waals surface area contributed by atoms with Crippen LogP contribution in [0.3, 0.4) is 0 Å². The van der Waals surface area contributed by atoms with Gasteiger partial charge in [-0.15, -0.1) is 5.26 Å². The Morgan fingerprint density at radius 3 is 2.13 bits per heavy atom. The first-order valence-corrected chi connectivity index (χ1v) is 11.9. The Morgan fingerprint density at radius 2 is 1.46 bits per heavy atom. The number of nitriles is 1. The molecule has 0 aliphatic carbocycles. The summed E-state index contributed by atoms with van der Waals surface area (Å²) in [6.45, 7) is 1.17. The molecule has 204 valence electrons. The van der Waals surface area contributed by atoms with Crippen molar-refractivity contribution in [2.24, 2.45) is 4.99 Å². The Morgan fingerprint density at radius 1 is 0.821 bits per heavy atom. The van der Waals surface area contributed by atoms with Crippen LogP contribution in [-0.2, 0) is 33.3 Å². The maximum absolute atomic E-state index is 12.1. The topological polar surface area (TPSA) is 168 Å². The predicted octanol–water partition coefficient (Wildman–Crippen LogP) is 3.56. The zero-order valence-electron chi connectivity index (χ0n) is 21.1. The van der Waals surface area contributed by atoms with Gasteiger partial charge in [-0.1, -0.05) is 0 Å². The molecule has 2 aromatic rings. The molecular weight excluding hydrogens is 512 g/mol. The molecule has 0 amide bonds. The summed E-state index contributed by atoms with van der Waals surface area (Å²) in [4.78, 5) is 61.5. The Balaban J connectivity index is 1.52. The van der Waals surface area contributed by atoms with Crippen LogP contribution in [0.15, 0.2) is 53.5 Å². The van der Waals surface area contributed by atoms with Gasteiger partial charge in [0.25, 0.3) is 6.26 Å². The van der Waals surface area contributed by atoms with Crippen molar-refractivity contribution in [3.8, 4) is 12.0 Å². The Bertz CT molecular complexity index is 1210. The molecule has 12 heteroatoms. The van der Waals surface area contributed by atoms with E-state index in [0.29, 0.717) is 30.5 Å². The highest BCUT2D eigenvalue weighted by molar-refractivity contribution is 5.91. The van der Waals surface area contributed by atoms with Crippen LogP contribution in [0.25, 0.3) is 0 Å². The minimum Gasteiger partial charge on any atom is -0.462 e. The number of hydrogen-bond donors (Lipinski definition) is 0. The average molecular weight is 539 g/mol. The monoisotopic (exact) mass is 538 g/mol. The molecule has 0 aliphatic heterocycles. The van der Waals surface area contributed by atoms with Crippen LogP contribution in [0, 0.1) is 11.5 Å². The Kier molecular flexibility index (Phi) is 12.9. The fourth-order valence-electron chi connectivity index (χ4n) is 3.00. The minimum atomic E-state index is -1.19. The van der Waals surface area contributed by atoms with Crippen LogP contribution >= 0.6 is 0 Å². The van der Waals surface area contributed by atoms with E-state index >= 15 is 0 Å². The van der Waals surface area contributed by atoms with Crippen molar-refractivity contribution in [1.82, 2.24) is 0 Å². The molecule has 1 unspecified atom stereocenters. The van der Waals surface area contributed by atoms with Gasteiger partial charge in [0.2, 0.25) is 6.08 Å². The predicted molar refractivity (Wildman–Crippen MR) is 132 cm³/mol. The lowest BCUT2D eigenvalue weighted by atomic mass is 10.2. The summed E-state index contributed by atoms with van der Waals surface area (Å²) in [5.41, 5.74) is 0.870. The smallest absolute Gasteiger partial charge is 0.347 e. The second kappa shape index (κ2) is 16.7. The molecule has 39 heavy (non-hydrogen) atoms. The molecule has 1 atom stereocenters. The first-order chi connectivity index (χ1) is 18.8. The summed E-state index contributed by atoms with van der Waals surface area (Å²) in [6, 6.07) is 11.6. The molecule has 0 saturated heterocycles. The third kappa shape index (κ3) is 11.3. The number of rotatable bonds is 15. The Labute approximate surface area is 224 Å². The van der Waals surface area contributed by atoms with Crippen molar-refractivity contribution in [2.75, 3.05) is 19.8 Å². The number of aliphatic imine (C=N–C) groups is 1. The number of nitrogens with zero attached hydrogens (tertiary/aromatic N) is 2. The second-order valence-electron chi connectivity index (χ2n) is 7.85. The van der Waals surface area contributed by atoms with E-state index in [1.54, 1.807) is 0 Å². The number of isocyanates is 1. The maximum Gasteiger partial charge on any atom is 0.347 e. The summed E-state index contributed by atoms with van der Waals surface area (Å²) < 4.78 is 24.8. The van der Waals surface area contributed by atoms with E-state index in [1.807, 2.05) is 0 Å². The van der Waals surface area contributed by atoms with Crippen LogP contribution in [0.2, 0.25) is 0 Å². The van der Waals surface area contributed by atoms with Gasteiger partial charge in [0.05, 0.1) is 23.4 Å². The number of ether oxygens (including phenoxy) is 5. The van der Waals surface area contributed by atoms with Crippen molar-refractivity contribution in [1.29, 1.82) is 5.26 Å². The van der Waals surface area contributed by atoms with Gasteiger partial charge in [-0.3, -0.25) is 4.79 Å². The van der Waals surface area contributed by atoms with E-state index in [-0.39, 0.29) is 37.6 Å². The number of carbonyl (C=O) groups excluding carboxylic acids is 5. The van der Waals surface area contributed by atoms with Gasteiger partial charge < -0.3 is 23.7 Å². The van der Waals surface area contributed by atoms with Gasteiger partial charge in [-0.2, -0.15) is 4.99 Å². The van der Waals surface area contributed by atoms with Gasteiger partial charge >= 0.3 is 23.9 Å². The van der Waals surface area contributed by atoms with Gasteiger partial charge in [0.15, 0.2) is 6.10 Å². The molecule has 0 radical (unpaired) electrons. The van der Waals surface area contributed by atoms with Crippen molar-refractivity contribution in [2.45, 2.75) is 38.7 Å². The van der Waals surface area contributed by atoms with Crippen molar-refractivity contribution < 1.29 is 47.7 Å². The first kappa shape index (κ1) is 30.2. The van der Waals surface area contributed by atoms with Crippen LogP contribution in [-0.4, -0.2) is 55.9 Å². The van der Waals surface area contributed by atoms with Crippen LogP contribution in [0.1, 0.15) is 53.3 Å². The van der Waals surface area contributed by atoms with Crippen LogP contribution < -0.4 is 4.74 Å². The number of unbranched alkanes of at least 4 members (excludes halogenated alkanes) is 2. The molecule has 0 N–H and O–H groups in total. The van der Waals surface area contributed by atoms with Gasteiger partial charge in [0.1, 0.15) is 19.0 Å². The molecule has 0 saturated carbocycles. The van der Waals surface area contributed by atoms with Crippen molar-refractivity contribution >= 4 is 35.6 Å². The molecule has 0 bridgehead atoms. The van der Waals surface area contributed by atoms with Crippen LogP contribution in [0.4, 0.5) is 5.69 Å². The molecule has 0 fully saturated rings. The van der Waals surface area contributed by atoms with E-state index in [2.05, 4.69) is 9.73 Å². The molecule has 0 heterocycles. The lowest BCUT2D eigenvalue weighted by molar-refractivity contribution is -0.158. The molecule has 0 aliphatic rings. The fraction of sp³-hybridized carbons (Fsp3) is 0.333. The van der Waals surface area contributed by atoms with E-state index < -0.39 is 30.0 Å². The summed E-state index contributed by atoms with van der Waals surface area (Å²) >= 11 is 0. The van der Waals surface area contributed by atoms with Crippen molar-refractivity contribution in [3.05, 3.63) is 59.7 Å². The average Bonchev–Trinajstić information content (AvgIpc) is 2.93. The molecular formula is C27H26N2O10. The van der Waals surface area contributed by atoms with Gasteiger partial charge in [-0.25, -0.2) is 19.2 Å². The first-order valence-electron chi connectivity index (χ1n) is 11.9. The van der Waals surface area contributed by atoms with E-state index in [1.165, 1.54) is 67.8 Å². The third-order valence-electron chi connectivity index (χ3n) is 5.00. The van der Waals surface area contributed by atoms with E-state index in [4.69, 9.17) is 24.2 Å². The quantitative estimate of drug-likeness (QED) is 0.0812. The zero-order chi connectivity index (χ0) is 28.5. The van der Waals surface area contributed by atoms with E-state index in [0.717, 1.165) is 0 Å². The molecule has 0 aromatic heterocycles. The Hall–Kier alpha value is -5.01. The summed E-state index contributed by atoms with van der Waals surface area (Å²) in [5.74, 6) is -2.28. The van der Waals surface area contributed by atoms with Gasteiger partial charge in [0, 0.05) is 6.42 Å². The summed E-state index contributed by atoms with van der Waals surface area (Å²) in [6.07, 6.45) is 3.58. The number of hydrogen-bond acceptors (Lipinski definition) is 12. The normalized spacial score (nSPS) is 10.7. The third-order valence-corrected chi connectivity index (χ3v) is 5.00. The molecule has 2 aromatic carbocycles. The number of carbonyl (C=O) groups is 4. The van der Waals surface area contributed by atoms with E-state index in [9.17, 15) is 24.0 Å². The highest BCUT2D eigenvalue weighted by atomic mass is 16.6. The highest BCUT2D eigenvalue weighted by Gasteiger charge is 2.20. The number of benzene rings is 2. The maximum atomic E-state index is 12.1. The molecule has 12 nitrogen and oxygen atoms in total. The van der Waals surface area contributed by atoms with Crippen LogP contribution in [0.5, 0.6) is 5.75 Å². The summed E-state index contributed by atoms with van der Waals surface area (Å²) in [7, 11) is 0. The zero-order valence-corrected chi connectivity index (χ0v) is 21.1. The summed E-state index contributed by atoms with van der Waals surface area (Å²) in [5, 5.41) is 8.46. The minimum absolute atomic E-state index is 0.146. The van der Waals surface area contributed by atoms with Gasteiger partial charge in [-0.05, 0) is 74.7 Å². The lowest BCUT2D eigenvalue weighted by Crippen LogP contribution is -2.27. The number of esters is 4. The fourth-order valence-corrected chi connectivity index (χ4v) is 3.00. The lowest BCUT2D eigenvalue weighted by Gasteiger charge is -2.13. The largest absolute Gasteiger partial charge is 0.462 e. The molecule has 0 spiro atoms. The second-order valence-corrected chi connectivity index (χ2v) is 7.85. The molecule has 2 rings (SSSR count). The standard InChI is InChI=1S/C27H26N2O10/c1-19(39-27(34)21-8-12-23(13-9-21)38-17-28)25(32)37-16-15-35-24(31)5-3-2-4-14-36-26(33)20-6-10-22(11-7-20)29-18-30/h6-13,19H,2-5,14-16H2,1H3. The highest BCUT2D eigenvalue weighted by Crippen LogP contribution is 2.14. The SMILES string of the molecule is CC(OC(=O)c1ccc(OC#N)cc1)C(=O)OCCOC(=O)CCCCCOC(=O)c1ccc(N=C=O)cc1.